The molecule has 1 saturated heterocycles. The van der Waals surface area contributed by atoms with Gasteiger partial charge in [0.2, 0.25) is 11.8 Å². The number of anilines is 2. The van der Waals surface area contributed by atoms with E-state index in [1.165, 1.54) is 18.5 Å². The molecule has 30 heavy (non-hydrogen) atoms. The van der Waals surface area contributed by atoms with E-state index in [-0.39, 0.29) is 31.1 Å². The number of benzene rings is 2. The summed E-state index contributed by atoms with van der Waals surface area (Å²) in [6, 6.07) is 19.5. The average molecular weight is 405 g/mol. The second-order valence-corrected chi connectivity index (χ2v) is 7.39. The first-order chi connectivity index (χ1) is 14.7. The maximum absolute atomic E-state index is 12.7. The van der Waals surface area contributed by atoms with Gasteiger partial charge in [0, 0.05) is 50.4 Å². The number of hydrogen-bond donors (Lipinski definition) is 1. The molecule has 0 unspecified atom stereocenters. The third-order valence-corrected chi connectivity index (χ3v) is 5.30. The molecule has 3 rings (SSSR count). The zero-order valence-corrected chi connectivity index (χ0v) is 17.2. The number of hydrogen-bond acceptors (Lipinski definition) is 4. The van der Waals surface area contributed by atoms with E-state index in [4.69, 9.17) is 5.26 Å². The highest BCUT2D eigenvalue weighted by molar-refractivity contribution is 5.95. The largest absolute Gasteiger partial charge is 0.371 e. The summed E-state index contributed by atoms with van der Waals surface area (Å²) in [5.41, 5.74) is 3.02. The molecule has 0 saturated carbocycles. The molecule has 0 spiro atoms. The van der Waals surface area contributed by atoms with Crippen LogP contribution in [0.2, 0.25) is 0 Å². The molecule has 0 radical (unpaired) electrons. The number of nitriles is 1. The molecule has 0 atom stereocenters. The van der Waals surface area contributed by atoms with Crippen molar-refractivity contribution < 1.29 is 9.59 Å². The van der Waals surface area contributed by atoms with Crippen LogP contribution in [0.15, 0.2) is 54.6 Å². The SMILES string of the molecule is N#CCCN(C(=O)CCC(=O)NCc1ccccc1N1CCCC1)c1ccccc1. The third kappa shape index (κ3) is 5.84. The van der Waals surface area contributed by atoms with Gasteiger partial charge in [0.05, 0.1) is 12.5 Å². The van der Waals surface area contributed by atoms with Gasteiger partial charge in [-0.05, 0) is 36.6 Å². The second-order valence-electron chi connectivity index (χ2n) is 7.39. The minimum Gasteiger partial charge on any atom is -0.371 e. The zero-order valence-electron chi connectivity index (χ0n) is 17.2. The van der Waals surface area contributed by atoms with Gasteiger partial charge < -0.3 is 15.1 Å². The Morgan fingerprint density at radius 3 is 2.43 bits per heavy atom. The Bertz CT molecular complexity index is 886. The van der Waals surface area contributed by atoms with Gasteiger partial charge in [-0.25, -0.2) is 0 Å². The molecule has 1 aliphatic rings. The summed E-state index contributed by atoms with van der Waals surface area (Å²) < 4.78 is 0. The van der Waals surface area contributed by atoms with Gasteiger partial charge >= 0.3 is 0 Å². The fourth-order valence-electron chi connectivity index (χ4n) is 3.73. The summed E-state index contributed by atoms with van der Waals surface area (Å²) in [6.07, 6.45) is 2.89. The number of carbonyl (C=O) groups is 2. The molecule has 6 nitrogen and oxygen atoms in total. The second kappa shape index (κ2) is 11.0. The molecular formula is C24H28N4O2. The van der Waals surface area contributed by atoms with Crippen molar-refractivity contribution in [3.8, 4) is 6.07 Å². The average Bonchev–Trinajstić information content (AvgIpc) is 3.32. The quantitative estimate of drug-likeness (QED) is 0.692. The van der Waals surface area contributed by atoms with E-state index in [2.05, 4.69) is 22.4 Å². The van der Waals surface area contributed by atoms with Crippen molar-refractivity contribution in [2.24, 2.45) is 0 Å². The summed E-state index contributed by atoms with van der Waals surface area (Å²) in [4.78, 5) is 29.0. The molecule has 6 heteroatoms. The number of para-hydroxylation sites is 2. The van der Waals surface area contributed by atoms with Gasteiger partial charge in [-0.2, -0.15) is 5.26 Å². The summed E-state index contributed by atoms with van der Waals surface area (Å²) >= 11 is 0. The smallest absolute Gasteiger partial charge is 0.227 e. The van der Waals surface area contributed by atoms with Crippen LogP contribution >= 0.6 is 0 Å². The number of rotatable bonds is 9. The lowest BCUT2D eigenvalue weighted by atomic mass is 10.1. The third-order valence-electron chi connectivity index (χ3n) is 5.30. The van der Waals surface area contributed by atoms with E-state index in [0.29, 0.717) is 13.1 Å². The van der Waals surface area contributed by atoms with Gasteiger partial charge in [-0.3, -0.25) is 9.59 Å². The van der Waals surface area contributed by atoms with Gasteiger partial charge in [-0.1, -0.05) is 36.4 Å². The number of carbonyl (C=O) groups excluding carboxylic acids is 2. The molecule has 1 heterocycles. The lowest BCUT2D eigenvalue weighted by molar-refractivity contribution is -0.125. The Hall–Kier alpha value is -3.33. The monoisotopic (exact) mass is 404 g/mol. The van der Waals surface area contributed by atoms with Crippen LogP contribution in [-0.4, -0.2) is 31.4 Å². The number of nitrogens with zero attached hydrogens (tertiary/aromatic N) is 3. The first-order valence-corrected chi connectivity index (χ1v) is 10.5. The maximum atomic E-state index is 12.7. The van der Waals surface area contributed by atoms with Crippen LogP contribution in [0.25, 0.3) is 0 Å². The van der Waals surface area contributed by atoms with Crippen LogP contribution < -0.4 is 15.1 Å². The fourth-order valence-corrected chi connectivity index (χ4v) is 3.73. The summed E-state index contributed by atoms with van der Waals surface area (Å²) in [6.45, 7) is 2.88. The minimum atomic E-state index is -0.149. The van der Waals surface area contributed by atoms with Crippen LogP contribution in [0.4, 0.5) is 11.4 Å². The van der Waals surface area contributed by atoms with Crippen molar-refractivity contribution in [1.29, 1.82) is 5.26 Å². The predicted octanol–water partition coefficient (Wildman–Crippen LogP) is 3.63. The summed E-state index contributed by atoms with van der Waals surface area (Å²) in [5.74, 6) is -0.295. The number of amides is 2. The molecule has 1 fully saturated rings. The Labute approximate surface area is 178 Å². The highest BCUT2D eigenvalue weighted by Crippen LogP contribution is 2.24. The van der Waals surface area contributed by atoms with E-state index < -0.39 is 0 Å². The first-order valence-electron chi connectivity index (χ1n) is 10.5. The van der Waals surface area contributed by atoms with E-state index in [1.54, 1.807) is 4.90 Å². The Morgan fingerprint density at radius 1 is 1.00 bits per heavy atom. The van der Waals surface area contributed by atoms with Gasteiger partial charge in [0.1, 0.15) is 0 Å². The van der Waals surface area contributed by atoms with Crippen LogP contribution in [0, 0.1) is 11.3 Å². The summed E-state index contributed by atoms with van der Waals surface area (Å²) in [5, 5.41) is 11.8. The van der Waals surface area contributed by atoms with E-state index >= 15 is 0 Å². The molecule has 0 bridgehead atoms. The highest BCUT2D eigenvalue weighted by atomic mass is 16.2. The highest BCUT2D eigenvalue weighted by Gasteiger charge is 2.18. The van der Waals surface area contributed by atoms with Crippen molar-refractivity contribution >= 4 is 23.2 Å². The minimum absolute atomic E-state index is 0.111. The van der Waals surface area contributed by atoms with Gasteiger partial charge in [-0.15, -0.1) is 0 Å². The molecule has 0 aliphatic carbocycles. The molecule has 1 aliphatic heterocycles. The maximum Gasteiger partial charge on any atom is 0.227 e. The van der Waals surface area contributed by atoms with Crippen molar-refractivity contribution in [2.45, 2.75) is 38.6 Å². The number of nitrogens with one attached hydrogen (secondary N) is 1. The Morgan fingerprint density at radius 2 is 1.70 bits per heavy atom. The van der Waals surface area contributed by atoms with Gasteiger partial charge in [0.25, 0.3) is 0 Å². The van der Waals surface area contributed by atoms with Gasteiger partial charge in [0.15, 0.2) is 0 Å². The lowest BCUT2D eigenvalue weighted by Gasteiger charge is -2.22. The molecule has 156 valence electrons. The van der Waals surface area contributed by atoms with E-state index in [9.17, 15) is 9.59 Å². The lowest BCUT2D eigenvalue weighted by Crippen LogP contribution is -2.33. The Balaban J connectivity index is 1.53. The molecule has 2 amide bonds. The normalized spacial score (nSPS) is 13.0. The zero-order chi connectivity index (χ0) is 21.2. The van der Waals surface area contributed by atoms with E-state index in [0.717, 1.165) is 24.3 Å². The predicted molar refractivity (Wildman–Crippen MR) is 118 cm³/mol. The fraction of sp³-hybridized carbons (Fsp3) is 0.375. The van der Waals surface area contributed by atoms with Crippen molar-refractivity contribution in [2.75, 3.05) is 29.4 Å². The van der Waals surface area contributed by atoms with Crippen LogP contribution in [0.1, 0.15) is 37.7 Å². The topological polar surface area (TPSA) is 76.4 Å². The van der Waals surface area contributed by atoms with Crippen LogP contribution in [0.3, 0.4) is 0 Å². The molecule has 0 aromatic heterocycles. The Kier molecular flexibility index (Phi) is 7.85. The van der Waals surface area contributed by atoms with E-state index in [1.807, 2.05) is 48.5 Å². The molecular weight excluding hydrogens is 376 g/mol. The molecule has 2 aromatic carbocycles. The standard InChI is InChI=1S/C24H28N4O2/c25-15-8-18-28(21-10-2-1-3-11-21)24(30)14-13-23(29)26-19-20-9-4-5-12-22(20)27-16-6-7-17-27/h1-5,9-12H,6-8,13-14,16-19H2,(H,26,29). The van der Waals surface area contributed by atoms with Crippen molar-refractivity contribution in [3.05, 3.63) is 60.2 Å². The van der Waals surface area contributed by atoms with Crippen molar-refractivity contribution in [3.63, 3.8) is 0 Å². The van der Waals surface area contributed by atoms with Crippen LogP contribution in [-0.2, 0) is 16.1 Å². The molecule has 2 aromatic rings. The first kappa shape index (κ1) is 21.4. The van der Waals surface area contributed by atoms with Crippen LogP contribution in [0.5, 0.6) is 0 Å². The van der Waals surface area contributed by atoms with Crippen molar-refractivity contribution in [1.82, 2.24) is 5.32 Å². The summed E-state index contributed by atoms with van der Waals surface area (Å²) in [7, 11) is 0. The molecule has 1 N–H and O–H groups in total.